The normalized spacial score (nSPS) is 17.5. The van der Waals surface area contributed by atoms with E-state index in [0.717, 1.165) is 16.8 Å². The molecule has 24 heavy (non-hydrogen) atoms. The van der Waals surface area contributed by atoms with Crippen LogP contribution in [0.1, 0.15) is 29.2 Å². The summed E-state index contributed by atoms with van der Waals surface area (Å²) < 4.78 is 23.1. The molecule has 1 heterocycles. The van der Waals surface area contributed by atoms with Gasteiger partial charge in [0.05, 0.1) is 28.3 Å². The van der Waals surface area contributed by atoms with Crippen LogP contribution in [0.4, 0.5) is 0 Å². The number of benzene rings is 2. The molecule has 1 aliphatic rings. The van der Waals surface area contributed by atoms with Crippen molar-refractivity contribution in [1.29, 1.82) is 5.26 Å². The van der Waals surface area contributed by atoms with Gasteiger partial charge >= 0.3 is 0 Å². The van der Waals surface area contributed by atoms with Crippen LogP contribution in [0.3, 0.4) is 0 Å². The summed E-state index contributed by atoms with van der Waals surface area (Å²) >= 11 is 0. The summed E-state index contributed by atoms with van der Waals surface area (Å²) in [6.07, 6.45) is 1.91. The topological polar surface area (TPSA) is 73.5 Å². The summed E-state index contributed by atoms with van der Waals surface area (Å²) in [7, 11) is -1.29. The maximum atomic E-state index is 11.6. The molecule has 0 aromatic heterocycles. The molecule has 0 spiro atoms. The van der Waals surface area contributed by atoms with Gasteiger partial charge in [0.15, 0.2) is 9.84 Å². The maximum Gasteiger partial charge on any atom is 0.175 e. The van der Waals surface area contributed by atoms with Gasteiger partial charge in [-0.3, -0.25) is 5.01 Å². The Morgan fingerprint density at radius 3 is 2.54 bits per heavy atom. The molecule has 0 bridgehead atoms. The number of rotatable bonds is 3. The van der Waals surface area contributed by atoms with Crippen LogP contribution in [-0.4, -0.2) is 32.4 Å². The van der Waals surface area contributed by atoms with Crippen LogP contribution in [0.2, 0.25) is 0 Å². The lowest BCUT2D eigenvalue weighted by atomic mass is 9.97. The zero-order valence-corrected chi connectivity index (χ0v) is 14.3. The summed E-state index contributed by atoms with van der Waals surface area (Å²) in [5.74, 6) is 0. The number of nitrogens with zero attached hydrogens (tertiary/aromatic N) is 3. The van der Waals surface area contributed by atoms with Gasteiger partial charge in [0.1, 0.15) is 0 Å². The lowest BCUT2D eigenvalue weighted by Crippen LogP contribution is -2.14. The lowest BCUT2D eigenvalue weighted by molar-refractivity contribution is 0.290. The Bertz CT molecular complexity index is 941. The van der Waals surface area contributed by atoms with E-state index in [1.165, 1.54) is 6.26 Å². The molecule has 122 valence electrons. The van der Waals surface area contributed by atoms with Crippen molar-refractivity contribution in [2.75, 3.05) is 13.3 Å². The van der Waals surface area contributed by atoms with E-state index in [9.17, 15) is 8.42 Å². The Balaban J connectivity index is 1.85. The molecule has 6 heteroatoms. The smallest absolute Gasteiger partial charge is 0.175 e. The summed E-state index contributed by atoms with van der Waals surface area (Å²) in [4.78, 5) is 0.302. The van der Waals surface area contributed by atoms with Gasteiger partial charge in [-0.15, -0.1) is 0 Å². The minimum atomic E-state index is -3.20. The van der Waals surface area contributed by atoms with Crippen LogP contribution in [0, 0.1) is 11.3 Å². The minimum absolute atomic E-state index is 0.0721. The molecule has 0 amide bonds. The molecule has 0 saturated carbocycles. The fourth-order valence-electron chi connectivity index (χ4n) is 2.84. The number of hydrazone groups is 1. The van der Waals surface area contributed by atoms with E-state index in [4.69, 9.17) is 5.26 Å². The number of hydrogen-bond donors (Lipinski definition) is 0. The molecule has 0 unspecified atom stereocenters. The van der Waals surface area contributed by atoms with Crippen molar-refractivity contribution in [3.8, 4) is 6.07 Å². The minimum Gasteiger partial charge on any atom is -0.292 e. The van der Waals surface area contributed by atoms with E-state index >= 15 is 0 Å². The SMILES string of the molecule is CN1N=C(c2ccc(S(C)(=O)=O)cc2)C[C@H]1c1cccc(C#N)c1. The average Bonchev–Trinajstić information content (AvgIpc) is 2.96. The number of hydrogen-bond acceptors (Lipinski definition) is 5. The Hall–Kier alpha value is -2.65. The van der Waals surface area contributed by atoms with E-state index in [0.29, 0.717) is 16.9 Å². The number of nitriles is 1. The van der Waals surface area contributed by atoms with Crippen LogP contribution in [0.5, 0.6) is 0 Å². The lowest BCUT2D eigenvalue weighted by Gasteiger charge is -2.19. The summed E-state index contributed by atoms with van der Waals surface area (Å²) in [5, 5.41) is 15.5. The van der Waals surface area contributed by atoms with Crippen LogP contribution in [-0.2, 0) is 9.84 Å². The molecule has 0 fully saturated rings. The van der Waals surface area contributed by atoms with E-state index in [1.54, 1.807) is 30.3 Å². The second-order valence-corrected chi connectivity index (χ2v) is 7.89. The maximum absolute atomic E-state index is 11.6. The molecule has 5 nitrogen and oxygen atoms in total. The molecule has 1 aliphatic heterocycles. The molecule has 0 saturated heterocycles. The second-order valence-electron chi connectivity index (χ2n) is 5.87. The summed E-state index contributed by atoms with van der Waals surface area (Å²) in [5.41, 5.74) is 3.49. The zero-order chi connectivity index (χ0) is 17.3. The van der Waals surface area contributed by atoms with Crippen LogP contribution in [0.25, 0.3) is 0 Å². The van der Waals surface area contributed by atoms with E-state index in [2.05, 4.69) is 11.2 Å². The molecule has 0 aliphatic carbocycles. The van der Waals surface area contributed by atoms with Crippen LogP contribution >= 0.6 is 0 Å². The van der Waals surface area contributed by atoms with Gasteiger partial charge in [0, 0.05) is 19.7 Å². The molecule has 2 aromatic carbocycles. The number of sulfone groups is 1. The third-order valence-corrected chi connectivity index (χ3v) is 5.26. The Morgan fingerprint density at radius 2 is 1.92 bits per heavy atom. The fraction of sp³-hybridized carbons (Fsp3) is 0.222. The quantitative estimate of drug-likeness (QED) is 0.862. The molecule has 3 rings (SSSR count). The Labute approximate surface area is 141 Å². The van der Waals surface area contributed by atoms with Gasteiger partial charge in [0.25, 0.3) is 0 Å². The van der Waals surface area contributed by atoms with Gasteiger partial charge in [0.2, 0.25) is 0 Å². The van der Waals surface area contributed by atoms with Crippen molar-refractivity contribution in [3.05, 3.63) is 65.2 Å². The van der Waals surface area contributed by atoms with Gasteiger partial charge < -0.3 is 0 Å². The van der Waals surface area contributed by atoms with Crippen molar-refractivity contribution in [2.45, 2.75) is 17.4 Å². The highest BCUT2D eigenvalue weighted by atomic mass is 32.2. The first-order valence-corrected chi connectivity index (χ1v) is 9.38. The van der Waals surface area contributed by atoms with Crippen LogP contribution < -0.4 is 0 Å². The second kappa shape index (κ2) is 6.10. The van der Waals surface area contributed by atoms with Crippen molar-refractivity contribution < 1.29 is 8.42 Å². The van der Waals surface area contributed by atoms with Gasteiger partial charge in [-0.25, -0.2) is 8.42 Å². The highest BCUT2D eigenvalue weighted by Crippen LogP contribution is 2.31. The average molecular weight is 339 g/mol. The van der Waals surface area contributed by atoms with Crippen molar-refractivity contribution in [3.63, 3.8) is 0 Å². The highest BCUT2D eigenvalue weighted by Gasteiger charge is 2.26. The van der Waals surface area contributed by atoms with E-state index in [-0.39, 0.29) is 6.04 Å². The summed E-state index contributed by atoms with van der Waals surface area (Å²) in [6, 6.07) is 16.6. The molecule has 1 atom stereocenters. The van der Waals surface area contributed by atoms with Crippen molar-refractivity contribution in [1.82, 2.24) is 5.01 Å². The molecule has 0 radical (unpaired) electrons. The van der Waals surface area contributed by atoms with Gasteiger partial charge in [-0.05, 0) is 35.4 Å². The molecular weight excluding hydrogens is 322 g/mol. The highest BCUT2D eigenvalue weighted by molar-refractivity contribution is 7.90. The first kappa shape index (κ1) is 16.2. The Kier molecular flexibility index (Phi) is 4.12. The Morgan fingerprint density at radius 1 is 1.21 bits per heavy atom. The predicted octanol–water partition coefficient (Wildman–Crippen LogP) is 2.74. The first-order chi connectivity index (χ1) is 11.4. The van der Waals surface area contributed by atoms with Crippen molar-refractivity contribution in [2.24, 2.45) is 5.10 Å². The standard InChI is InChI=1S/C18H17N3O2S/c1-21-18(15-5-3-4-13(10-15)12-19)11-17(20-21)14-6-8-16(9-7-14)24(2,22)23/h3-10,18H,11H2,1-2H3/t18-/m0/s1. The van der Waals surface area contributed by atoms with E-state index in [1.807, 2.05) is 30.3 Å². The van der Waals surface area contributed by atoms with Crippen LogP contribution in [0.15, 0.2) is 58.5 Å². The third-order valence-electron chi connectivity index (χ3n) is 4.13. The largest absolute Gasteiger partial charge is 0.292 e. The molecule has 0 N–H and O–H groups in total. The summed E-state index contributed by atoms with van der Waals surface area (Å²) in [6.45, 7) is 0. The van der Waals surface area contributed by atoms with E-state index < -0.39 is 9.84 Å². The predicted molar refractivity (Wildman–Crippen MR) is 92.4 cm³/mol. The fourth-order valence-corrected chi connectivity index (χ4v) is 3.47. The first-order valence-electron chi connectivity index (χ1n) is 7.49. The van der Waals surface area contributed by atoms with Crippen molar-refractivity contribution >= 4 is 15.5 Å². The monoisotopic (exact) mass is 339 g/mol. The third kappa shape index (κ3) is 3.17. The van der Waals surface area contributed by atoms with Gasteiger partial charge in [-0.2, -0.15) is 10.4 Å². The zero-order valence-electron chi connectivity index (χ0n) is 13.5. The molecular formula is C18H17N3O2S. The molecule has 2 aromatic rings. The van der Waals surface area contributed by atoms with Gasteiger partial charge in [-0.1, -0.05) is 24.3 Å².